The van der Waals surface area contributed by atoms with Crippen LogP contribution < -0.4 is 0 Å². The third-order valence-electron chi connectivity index (χ3n) is 3.24. The van der Waals surface area contributed by atoms with Gasteiger partial charge >= 0.3 is 5.97 Å². The summed E-state index contributed by atoms with van der Waals surface area (Å²) < 4.78 is 5.34. The third kappa shape index (κ3) is 6.03. The second kappa shape index (κ2) is 6.36. The van der Waals surface area contributed by atoms with Crippen LogP contribution in [0.5, 0.6) is 0 Å². The molecule has 0 radical (unpaired) electrons. The van der Waals surface area contributed by atoms with Crippen molar-refractivity contribution in [2.45, 2.75) is 33.1 Å². The first kappa shape index (κ1) is 14.5. The minimum Gasteiger partial charge on any atom is -0.481 e. The van der Waals surface area contributed by atoms with E-state index >= 15 is 0 Å². The van der Waals surface area contributed by atoms with Crippen molar-refractivity contribution >= 4 is 5.97 Å². The van der Waals surface area contributed by atoms with Crippen LogP contribution in [-0.2, 0) is 9.53 Å². The number of carbonyl (C=O) groups is 1. The first-order valence-electron chi connectivity index (χ1n) is 6.37. The molecule has 0 aromatic heterocycles. The van der Waals surface area contributed by atoms with E-state index in [-0.39, 0.29) is 11.8 Å². The molecule has 4 nitrogen and oxygen atoms in total. The molecule has 0 unspecified atom stereocenters. The fourth-order valence-electron chi connectivity index (χ4n) is 2.63. The Balaban J connectivity index is 2.31. The molecule has 0 aromatic rings. The van der Waals surface area contributed by atoms with Crippen molar-refractivity contribution in [3.05, 3.63) is 0 Å². The third-order valence-corrected chi connectivity index (χ3v) is 3.24. The molecule has 4 heteroatoms. The summed E-state index contributed by atoms with van der Waals surface area (Å²) in [5.41, 5.74) is -0.161. The smallest absolute Gasteiger partial charge is 0.303 e. The van der Waals surface area contributed by atoms with Crippen LogP contribution in [0.4, 0.5) is 0 Å². The zero-order valence-electron chi connectivity index (χ0n) is 11.2. The number of nitrogens with zero attached hydrogens (tertiary/aromatic N) is 1. The van der Waals surface area contributed by atoms with Gasteiger partial charge in [0.05, 0.1) is 6.42 Å². The van der Waals surface area contributed by atoms with Crippen LogP contribution in [0.25, 0.3) is 0 Å². The van der Waals surface area contributed by atoms with E-state index < -0.39 is 5.97 Å². The van der Waals surface area contributed by atoms with E-state index in [4.69, 9.17) is 9.84 Å². The quantitative estimate of drug-likeness (QED) is 0.773. The minimum absolute atomic E-state index is 0.161. The number of hydrogen-bond acceptors (Lipinski definition) is 3. The number of aliphatic carboxylic acids is 1. The van der Waals surface area contributed by atoms with Gasteiger partial charge in [-0.05, 0) is 31.2 Å². The van der Waals surface area contributed by atoms with Gasteiger partial charge in [0.1, 0.15) is 0 Å². The van der Waals surface area contributed by atoms with E-state index in [0.717, 1.165) is 39.1 Å². The minimum atomic E-state index is -0.713. The first-order chi connectivity index (χ1) is 7.89. The molecule has 0 aliphatic carbocycles. The summed E-state index contributed by atoms with van der Waals surface area (Å²) in [7, 11) is 2.08. The Labute approximate surface area is 104 Å². The summed E-state index contributed by atoms with van der Waals surface area (Å²) in [6.07, 6.45) is 2.48. The Morgan fingerprint density at radius 1 is 1.41 bits per heavy atom. The first-order valence-corrected chi connectivity index (χ1v) is 6.37. The normalized spacial score (nSPS) is 18.6. The Kier molecular flexibility index (Phi) is 5.40. The highest BCUT2D eigenvalue weighted by Gasteiger charge is 2.25. The van der Waals surface area contributed by atoms with Crippen LogP contribution in [0.2, 0.25) is 0 Å². The number of rotatable bonds is 6. The summed E-state index contributed by atoms with van der Waals surface area (Å²) in [4.78, 5) is 13.0. The van der Waals surface area contributed by atoms with Gasteiger partial charge in [0.2, 0.25) is 0 Å². The van der Waals surface area contributed by atoms with Crippen LogP contribution in [-0.4, -0.2) is 49.3 Å². The van der Waals surface area contributed by atoms with Gasteiger partial charge in [-0.15, -0.1) is 0 Å². The molecular weight excluding hydrogens is 218 g/mol. The number of carboxylic acids is 1. The largest absolute Gasteiger partial charge is 0.481 e. The Bertz CT molecular complexity index is 247. The highest BCUT2D eigenvalue weighted by Crippen LogP contribution is 2.23. The lowest BCUT2D eigenvalue weighted by molar-refractivity contribution is -0.139. The molecule has 0 saturated carbocycles. The fourth-order valence-corrected chi connectivity index (χ4v) is 2.63. The number of ether oxygens (including phenoxy) is 1. The maximum atomic E-state index is 10.8. The van der Waals surface area contributed by atoms with Gasteiger partial charge in [0.15, 0.2) is 0 Å². The molecule has 1 aliphatic heterocycles. The zero-order valence-corrected chi connectivity index (χ0v) is 11.2. The number of carboxylic acid groups (broad SMARTS) is 1. The van der Waals surface area contributed by atoms with Crippen LogP contribution >= 0.6 is 0 Å². The maximum Gasteiger partial charge on any atom is 0.303 e. The topological polar surface area (TPSA) is 49.8 Å². The Morgan fingerprint density at radius 2 is 2.00 bits per heavy atom. The van der Waals surface area contributed by atoms with E-state index in [1.54, 1.807) is 0 Å². The molecule has 0 aromatic carbocycles. The van der Waals surface area contributed by atoms with Gasteiger partial charge in [-0.25, -0.2) is 0 Å². The average molecular weight is 243 g/mol. The summed E-state index contributed by atoms with van der Waals surface area (Å²) in [5.74, 6) is -0.0103. The summed E-state index contributed by atoms with van der Waals surface area (Å²) in [6, 6.07) is 0. The van der Waals surface area contributed by atoms with E-state index in [0.29, 0.717) is 5.92 Å². The van der Waals surface area contributed by atoms with Crippen molar-refractivity contribution in [2.24, 2.45) is 11.3 Å². The van der Waals surface area contributed by atoms with E-state index in [9.17, 15) is 4.79 Å². The molecular formula is C13H25NO3. The van der Waals surface area contributed by atoms with Crippen LogP contribution in [0.1, 0.15) is 33.1 Å². The molecule has 1 N–H and O–H groups in total. The SMILES string of the molecule is CN(CC1CCOCC1)CC(C)(C)CC(=O)O. The summed E-state index contributed by atoms with van der Waals surface area (Å²) >= 11 is 0. The van der Waals surface area contributed by atoms with Crippen LogP contribution in [0.3, 0.4) is 0 Å². The van der Waals surface area contributed by atoms with Crippen LogP contribution in [0, 0.1) is 11.3 Å². The lowest BCUT2D eigenvalue weighted by atomic mass is 9.88. The predicted octanol–water partition coefficient (Wildman–Crippen LogP) is 1.85. The predicted molar refractivity (Wildman–Crippen MR) is 67.1 cm³/mol. The second-order valence-electron chi connectivity index (χ2n) is 5.99. The molecule has 0 bridgehead atoms. The van der Waals surface area contributed by atoms with Gasteiger partial charge in [0.25, 0.3) is 0 Å². The molecule has 0 amide bonds. The molecule has 1 rings (SSSR count). The van der Waals surface area contributed by atoms with Gasteiger partial charge < -0.3 is 14.7 Å². The van der Waals surface area contributed by atoms with E-state index in [1.807, 2.05) is 13.8 Å². The van der Waals surface area contributed by atoms with Crippen LogP contribution in [0.15, 0.2) is 0 Å². The average Bonchev–Trinajstić information content (AvgIpc) is 2.15. The van der Waals surface area contributed by atoms with Gasteiger partial charge in [-0.3, -0.25) is 4.79 Å². The fraction of sp³-hybridized carbons (Fsp3) is 0.923. The van der Waals surface area contributed by atoms with Gasteiger partial charge in [-0.1, -0.05) is 13.8 Å². The molecule has 1 saturated heterocycles. The van der Waals surface area contributed by atoms with Gasteiger partial charge in [-0.2, -0.15) is 0 Å². The second-order valence-corrected chi connectivity index (χ2v) is 5.99. The Hall–Kier alpha value is -0.610. The molecule has 0 spiro atoms. The summed E-state index contributed by atoms with van der Waals surface area (Å²) in [6.45, 7) is 7.65. The van der Waals surface area contributed by atoms with E-state index in [1.165, 1.54) is 0 Å². The van der Waals surface area contributed by atoms with Crippen molar-refractivity contribution in [1.29, 1.82) is 0 Å². The van der Waals surface area contributed by atoms with Crippen molar-refractivity contribution in [2.75, 3.05) is 33.4 Å². The van der Waals surface area contributed by atoms with Gasteiger partial charge in [0, 0.05) is 26.3 Å². The lowest BCUT2D eigenvalue weighted by Crippen LogP contribution is -2.37. The highest BCUT2D eigenvalue weighted by molar-refractivity contribution is 5.67. The highest BCUT2D eigenvalue weighted by atomic mass is 16.5. The van der Waals surface area contributed by atoms with Crippen molar-refractivity contribution in [3.8, 4) is 0 Å². The van der Waals surface area contributed by atoms with Crippen molar-refractivity contribution in [3.63, 3.8) is 0 Å². The van der Waals surface area contributed by atoms with Crippen molar-refractivity contribution < 1.29 is 14.6 Å². The zero-order chi connectivity index (χ0) is 12.9. The van der Waals surface area contributed by atoms with E-state index in [2.05, 4.69) is 11.9 Å². The lowest BCUT2D eigenvalue weighted by Gasteiger charge is -2.32. The molecule has 1 aliphatic rings. The summed E-state index contributed by atoms with van der Waals surface area (Å²) in [5, 5.41) is 8.85. The Morgan fingerprint density at radius 3 is 2.53 bits per heavy atom. The molecule has 17 heavy (non-hydrogen) atoms. The number of hydrogen-bond donors (Lipinski definition) is 1. The van der Waals surface area contributed by atoms with Crippen molar-refractivity contribution in [1.82, 2.24) is 4.90 Å². The maximum absolute atomic E-state index is 10.8. The molecule has 1 heterocycles. The molecule has 100 valence electrons. The molecule has 1 fully saturated rings. The molecule has 0 atom stereocenters. The standard InChI is InChI=1S/C13H25NO3/c1-13(2,8-12(15)16)10-14(3)9-11-4-6-17-7-5-11/h11H,4-10H2,1-3H3,(H,15,16). The monoisotopic (exact) mass is 243 g/mol.